The molecule has 178 valence electrons. The van der Waals surface area contributed by atoms with Crippen LogP contribution >= 0.6 is 0 Å². The van der Waals surface area contributed by atoms with Crippen LogP contribution in [-0.2, 0) is 14.4 Å². The normalized spacial score (nSPS) is 18.5. The fourth-order valence-corrected chi connectivity index (χ4v) is 3.56. The molecule has 2 heterocycles. The van der Waals surface area contributed by atoms with E-state index in [1.54, 1.807) is 13.8 Å². The van der Waals surface area contributed by atoms with E-state index in [4.69, 9.17) is 0 Å². The first-order valence-electron chi connectivity index (χ1n) is 10.4. The predicted molar refractivity (Wildman–Crippen MR) is 107 cm³/mol. The van der Waals surface area contributed by atoms with Gasteiger partial charge in [0.25, 0.3) is 11.7 Å². The van der Waals surface area contributed by atoms with Crippen LogP contribution in [0.5, 0.6) is 0 Å². The van der Waals surface area contributed by atoms with E-state index >= 15 is 0 Å². The van der Waals surface area contributed by atoms with E-state index in [1.807, 2.05) is 0 Å². The van der Waals surface area contributed by atoms with Gasteiger partial charge in [0.1, 0.15) is 17.8 Å². The third-order valence-corrected chi connectivity index (χ3v) is 5.33. The summed E-state index contributed by atoms with van der Waals surface area (Å²) in [6, 6.07) is -3.74. The monoisotopic (exact) mass is 459 g/mol. The molecule has 0 aromatic carbocycles. The number of hydrogen-bond donors (Lipinski definition) is 3. The fourth-order valence-electron chi connectivity index (χ4n) is 3.56. The first-order valence-corrected chi connectivity index (χ1v) is 10.4. The largest absolute Gasteiger partial charge is 0.452 e. The average Bonchev–Trinajstić information content (AvgIpc) is 3.39. The Kier molecular flexibility index (Phi) is 8.02. The van der Waals surface area contributed by atoms with E-state index in [9.17, 15) is 32.3 Å². The predicted octanol–water partition coefficient (Wildman–Crippen LogP) is 1.43. The third-order valence-electron chi connectivity index (χ3n) is 5.33. The minimum absolute atomic E-state index is 0.157. The van der Waals surface area contributed by atoms with E-state index in [0.717, 1.165) is 0 Å². The van der Waals surface area contributed by atoms with Gasteiger partial charge in [-0.3, -0.25) is 19.2 Å². The van der Waals surface area contributed by atoms with E-state index < -0.39 is 53.7 Å². The second-order valence-electron chi connectivity index (χ2n) is 8.44. The van der Waals surface area contributed by atoms with Crippen LogP contribution in [0.1, 0.15) is 51.0 Å². The maximum absolute atomic E-state index is 13.2. The number of ketones is 1. The molecule has 1 unspecified atom stereocenters. The smallest absolute Gasteiger partial charge is 0.344 e. The maximum atomic E-state index is 13.2. The van der Waals surface area contributed by atoms with Gasteiger partial charge in [0, 0.05) is 6.54 Å². The van der Waals surface area contributed by atoms with E-state index in [2.05, 4.69) is 20.6 Å². The Labute approximate surface area is 183 Å². The van der Waals surface area contributed by atoms with Crippen molar-refractivity contribution in [3.05, 3.63) is 18.2 Å². The average molecular weight is 459 g/mol. The summed E-state index contributed by atoms with van der Waals surface area (Å²) in [5.74, 6) is -5.05. The molecule has 32 heavy (non-hydrogen) atoms. The zero-order chi connectivity index (χ0) is 24.2. The fraction of sp³-hybridized carbons (Fsp3) is 0.650. The minimum Gasteiger partial charge on any atom is -0.344 e. The molecule has 0 saturated carbocycles. The molecule has 2 rings (SSSR count). The molecule has 1 aliphatic rings. The van der Waals surface area contributed by atoms with Gasteiger partial charge in [-0.05, 0) is 24.7 Å². The summed E-state index contributed by atoms with van der Waals surface area (Å²) in [5.41, 5.74) is 0.157. The zero-order valence-electron chi connectivity index (χ0n) is 18.3. The van der Waals surface area contributed by atoms with Crippen LogP contribution in [0.3, 0.4) is 0 Å². The SMILES string of the molecule is CC(C)C(NC(=O)[C@@H]1CCCN1C(=O)[C@@H](NC(=O)c1cnc[nH]1)C(C)C)C(=O)C(F)(F)F. The Morgan fingerprint density at radius 3 is 2.22 bits per heavy atom. The van der Waals surface area contributed by atoms with Crippen LogP contribution in [0.4, 0.5) is 13.2 Å². The maximum Gasteiger partial charge on any atom is 0.452 e. The highest BCUT2D eigenvalue weighted by molar-refractivity contribution is 5.98. The van der Waals surface area contributed by atoms with Crippen molar-refractivity contribution in [2.45, 2.75) is 64.8 Å². The standard InChI is InChI=1S/C20H28F3N5O4/c1-10(2)14(16(29)20(21,22)23)26-18(31)13-6-5-7-28(13)19(32)15(11(3)4)27-17(30)12-8-24-9-25-12/h8-11,13-15H,5-7H2,1-4H3,(H,24,25)(H,26,31)(H,27,30)/t13-,14?,15-/m0/s1. The van der Waals surface area contributed by atoms with Gasteiger partial charge in [0.15, 0.2) is 0 Å². The van der Waals surface area contributed by atoms with Gasteiger partial charge in [0.2, 0.25) is 11.8 Å². The van der Waals surface area contributed by atoms with E-state index in [0.29, 0.717) is 6.42 Å². The molecule has 0 spiro atoms. The quantitative estimate of drug-likeness (QED) is 0.543. The Morgan fingerprint density at radius 2 is 1.72 bits per heavy atom. The summed E-state index contributed by atoms with van der Waals surface area (Å²) >= 11 is 0. The molecule has 12 heteroatoms. The Bertz CT molecular complexity index is 839. The molecule has 3 N–H and O–H groups in total. The Hall–Kier alpha value is -2.92. The lowest BCUT2D eigenvalue weighted by atomic mass is 9.98. The van der Waals surface area contributed by atoms with E-state index in [1.165, 1.54) is 31.3 Å². The number of nitrogens with one attached hydrogen (secondary N) is 3. The van der Waals surface area contributed by atoms with Gasteiger partial charge in [-0.15, -0.1) is 0 Å². The molecule has 1 aliphatic heterocycles. The zero-order valence-corrected chi connectivity index (χ0v) is 18.3. The summed E-state index contributed by atoms with van der Waals surface area (Å²) < 4.78 is 38.7. The number of H-pyrrole nitrogens is 1. The van der Waals surface area contributed by atoms with Crippen LogP contribution in [0.25, 0.3) is 0 Å². The van der Waals surface area contributed by atoms with Crippen LogP contribution in [0.15, 0.2) is 12.5 Å². The number of likely N-dealkylation sites (tertiary alicyclic amines) is 1. The third kappa shape index (κ3) is 5.86. The highest BCUT2D eigenvalue weighted by Crippen LogP contribution is 2.24. The molecule has 9 nitrogen and oxygen atoms in total. The van der Waals surface area contributed by atoms with Gasteiger partial charge in [-0.2, -0.15) is 13.2 Å². The highest BCUT2D eigenvalue weighted by Gasteiger charge is 2.46. The van der Waals surface area contributed by atoms with Gasteiger partial charge in [-0.25, -0.2) is 4.98 Å². The first kappa shape index (κ1) is 25.3. The van der Waals surface area contributed by atoms with Crippen molar-refractivity contribution in [2.75, 3.05) is 6.54 Å². The summed E-state index contributed by atoms with van der Waals surface area (Å²) in [6.07, 6.45) is -1.78. The van der Waals surface area contributed by atoms with Crippen LogP contribution in [0.2, 0.25) is 0 Å². The summed E-state index contributed by atoms with van der Waals surface area (Å²) in [5, 5.41) is 4.79. The second-order valence-corrected chi connectivity index (χ2v) is 8.44. The lowest BCUT2D eigenvalue weighted by Gasteiger charge is -2.31. The lowest BCUT2D eigenvalue weighted by Crippen LogP contribution is -2.58. The number of amides is 3. The molecule has 1 aromatic rings. The number of Topliss-reactive ketones (excluding diaryl/α,β-unsaturated/α-hetero) is 1. The number of rotatable bonds is 8. The second kappa shape index (κ2) is 10.1. The number of nitrogens with zero attached hydrogens (tertiary/aromatic N) is 2. The first-order chi connectivity index (χ1) is 14.8. The summed E-state index contributed by atoms with van der Waals surface area (Å²) in [4.78, 5) is 57.7. The number of carbonyl (C=O) groups is 4. The molecular weight excluding hydrogens is 431 g/mol. The molecule has 0 aliphatic carbocycles. The summed E-state index contributed by atoms with van der Waals surface area (Å²) in [7, 11) is 0. The van der Waals surface area contributed by atoms with Gasteiger partial charge < -0.3 is 20.5 Å². The number of imidazole rings is 1. The van der Waals surface area contributed by atoms with Crippen LogP contribution in [-0.4, -0.2) is 69.2 Å². The van der Waals surface area contributed by atoms with Crippen molar-refractivity contribution in [1.29, 1.82) is 0 Å². The van der Waals surface area contributed by atoms with Gasteiger partial charge >= 0.3 is 6.18 Å². The molecule has 1 saturated heterocycles. The lowest BCUT2D eigenvalue weighted by molar-refractivity contribution is -0.175. The minimum atomic E-state index is -5.09. The number of aromatic amines is 1. The molecular formula is C20H28F3N5O4. The summed E-state index contributed by atoms with van der Waals surface area (Å²) in [6.45, 7) is 6.44. The molecule has 1 aromatic heterocycles. The van der Waals surface area contributed by atoms with Crippen molar-refractivity contribution in [3.63, 3.8) is 0 Å². The van der Waals surface area contributed by atoms with Gasteiger partial charge in [-0.1, -0.05) is 27.7 Å². The number of alkyl halides is 3. The van der Waals surface area contributed by atoms with E-state index in [-0.39, 0.29) is 24.6 Å². The molecule has 3 atom stereocenters. The number of aromatic nitrogens is 2. The molecule has 0 radical (unpaired) electrons. The number of hydrogen-bond acceptors (Lipinski definition) is 5. The van der Waals surface area contributed by atoms with Gasteiger partial charge in [0.05, 0.1) is 18.6 Å². The molecule has 0 bridgehead atoms. The Balaban J connectivity index is 2.16. The molecule has 3 amide bonds. The van der Waals surface area contributed by atoms with Crippen molar-refractivity contribution in [2.24, 2.45) is 11.8 Å². The van der Waals surface area contributed by atoms with Crippen molar-refractivity contribution in [1.82, 2.24) is 25.5 Å². The Morgan fingerprint density at radius 1 is 1.09 bits per heavy atom. The topological polar surface area (TPSA) is 124 Å². The van der Waals surface area contributed by atoms with Crippen molar-refractivity contribution < 1.29 is 32.3 Å². The van der Waals surface area contributed by atoms with Crippen molar-refractivity contribution in [3.8, 4) is 0 Å². The van der Waals surface area contributed by atoms with Crippen LogP contribution in [0, 0.1) is 11.8 Å². The molecule has 1 fully saturated rings. The number of carbonyl (C=O) groups excluding carboxylic acids is 4. The number of halogens is 3. The van der Waals surface area contributed by atoms with Crippen molar-refractivity contribution >= 4 is 23.5 Å². The van der Waals surface area contributed by atoms with Crippen LogP contribution < -0.4 is 10.6 Å². The highest BCUT2D eigenvalue weighted by atomic mass is 19.4.